The monoisotopic (exact) mass is 232 g/mol. The largest absolute Gasteiger partial charge is 0.383 e. The lowest BCUT2D eigenvalue weighted by Gasteiger charge is -2.06. The molecule has 0 radical (unpaired) electrons. The summed E-state index contributed by atoms with van der Waals surface area (Å²) < 4.78 is 1.63. The molecule has 0 aliphatic carbocycles. The van der Waals surface area contributed by atoms with Crippen LogP contribution in [0.15, 0.2) is 12.4 Å². The Balaban J connectivity index is 2.56. The van der Waals surface area contributed by atoms with Gasteiger partial charge in [-0.25, -0.2) is 9.97 Å². The number of carbonyl (C=O) groups is 1. The zero-order valence-electron chi connectivity index (χ0n) is 9.51. The van der Waals surface area contributed by atoms with E-state index in [1.807, 2.05) is 0 Å². The summed E-state index contributed by atoms with van der Waals surface area (Å²) >= 11 is 0. The second kappa shape index (κ2) is 3.85. The maximum atomic E-state index is 11.1. The summed E-state index contributed by atoms with van der Waals surface area (Å²) in [6.45, 7) is 1.66. The zero-order valence-corrected chi connectivity index (χ0v) is 9.51. The lowest BCUT2D eigenvalue weighted by Crippen LogP contribution is -2.17. The number of carbonyl (C=O) groups excluding carboxylic acids is 1. The molecule has 2 rings (SSSR count). The lowest BCUT2D eigenvalue weighted by atomic mass is 10.2. The fourth-order valence-electron chi connectivity index (χ4n) is 1.57. The van der Waals surface area contributed by atoms with Gasteiger partial charge in [0.15, 0.2) is 5.82 Å². The molecule has 0 aliphatic rings. The Hall–Kier alpha value is -2.44. The average molecular weight is 232 g/mol. The number of aromatic nitrogens is 4. The van der Waals surface area contributed by atoms with E-state index in [9.17, 15) is 4.79 Å². The van der Waals surface area contributed by atoms with E-state index in [1.54, 1.807) is 31.0 Å². The molecule has 0 saturated heterocycles. The fourth-order valence-corrected chi connectivity index (χ4v) is 1.57. The van der Waals surface area contributed by atoms with Crippen LogP contribution >= 0.6 is 0 Å². The highest BCUT2D eigenvalue weighted by atomic mass is 16.1. The van der Waals surface area contributed by atoms with E-state index in [-0.39, 0.29) is 11.4 Å². The van der Waals surface area contributed by atoms with Gasteiger partial charge in [0.05, 0.1) is 17.5 Å². The van der Waals surface area contributed by atoms with Crippen molar-refractivity contribution in [2.24, 2.45) is 12.8 Å². The number of hydrogen-bond acceptors (Lipinski definition) is 5. The van der Waals surface area contributed by atoms with E-state index >= 15 is 0 Å². The van der Waals surface area contributed by atoms with Crippen LogP contribution in [0.4, 0.5) is 5.82 Å². The van der Waals surface area contributed by atoms with Crippen molar-refractivity contribution >= 4 is 11.7 Å². The molecule has 17 heavy (non-hydrogen) atoms. The van der Waals surface area contributed by atoms with E-state index in [4.69, 9.17) is 11.5 Å². The maximum absolute atomic E-state index is 11.1. The van der Waals surface area contributed by atoms with Gasteiger partial charge in [-0.2, -0.15) is 5.10 Å². The molecule has 7 nitrogen and oxygen atoms in total. The predicted molar refractivity (Wildman–Crippen MR) is 61.9 cm³/mol. The fraction of sp³-hybridized carbons (Fsp3) is 0.200. The predicted octanol–water partition coefficient (Wildman–Crippen LogP) is -0.133. The summed E-state index contributed by atoms with van der Waals surface area (Å²) in [6, 6.07) is 0. The van der Waals surface area contributed by atoms with Crippen LogP contribution in [0.25, 0.3) is 11.4 Å². The minimum atomic E-state index is -0.627. The molecular weight excluding hydrogens is 220 g/mol. The highest BCUT2D eigenvalue weighted by Gasteiger charge is 2.15. The van der Waals surface area contributed by atoms with Crippen molar-refractivity contribution in [1.82, 2.24) is 19.7 Å². The lowest BCUT2D eigenvalue weighted by molar-refractivity contribution is 0.1000. The quantitative estimate of drug-likeness (QED) is 0.748. The first-order valence-electron chi connectivity index (χ1n) is 4.92. The molecule has 0 spiro atoms. The van der Waals surface area contributed by atoms with Gasteiger partial charge in [-0.1, -0.05) is 0 Å². The highest BCUT2D eigenvalue weighted by molar-refractivity contribution is 5.98. The second-order valence-electron chi connectivity index (χ2n) is 3.66. The molecular formula is C10H12N6O. The molecule has 0 bridgehead atoms. The van der Waals surface area contributed by atoms with E-state index in [1.165, 1.54) is 0 Å². The molecule has 0 aliphatic heterocycles. The van der Waals surface area contributed by atoms with Crippen molar-refractivity contribution in [3.05, 3.63) is 23.7 Å². The van der Waals surface area contributed by atoms with Gasteiger partial charge >= 0.3 is 0 Å². The number of nitrogen functional groups attached to an aromatic ring is 1. The topological polar surface area (TPSA) is 113 Å². The first kappa shape index (κ1) is 11.1. The van der Waals surface area contributed by atoms with Gasteiger partial charge < -0.3 is 11.5 Å². The molecule has 2 aromatic heterocycles. The Morgan fingerprint density at radius 3 is 2.59 bits per heavy atom. The van der Waals surface area contributed by atoms with Crippen molar-refractivity contribution in [3.63, 3.8) is 0 Å². The molecule has 0 atom stereocenters. The van der Waals surface area contributed by atoms with Gasteiger partial charge in [0.1, 0.15) is 11.4 Å². The Labute approximate surface area is 97.5 Å². The first-order valence-corrected chi connectivity index (χ1v) is 4.92. The maximum Gasteiger partial charge on any atom is 0.254 e. The SMILES string of the molecule is Cc1nc(-c2cnn(C)c2)nc(N)c1C(N)=O. The van der Waals surface area contributed by atoms with Gasteiger partial charge in [-0.3, -0.25) is 9.48 Å². The van der Waals surface area contributed by atoms with Crippen LogP contribution in [-0.2, 0) is 7.05 Å². The number of anilines is 1. The molecule has 7 heteroatoms. The van der Waals surface area contributed by atoms with Gasteiger partial charge in [-0.15, -0.1) is 0 Å². The number of aryl methyl sites for hydroxylation is 2. The van der Waals surface area contributed by atoms with Crippen molar-refractivity contribution in [3.8, 4) is 11.4 Å². The first-order chi connectivity index (χ1) is 7.99. The van der Waals surface area contributed by atoms with Gasteiger partial charge in [0.25, 0.3) is 5.91 Å². The summed E-state index contributed by atoms with van der Waals surface area (Å²) in [5.74, 6) is -0.111. The van der Waals surface area contributed by atoms with Crippen molar-refractivity contribution in [1.29, 1.82) is 0 Å². The van der Waals surface area contributed by atoms with Crippen LogP contribution in [0, 0.1) is 6.92 Å². The van der Waals surface area contributed by atoms with E-state index in [0.29, 0.717) is 11.5 Å². The minimum Gasteiger partial charge on any atom is -0.383 e. The van der Waals surface area contributed by atoms with Gasteiger partial charge in [-0.05, 0) is 6.92 Å². The highest BCUT2D eigenvalue weighted by Crippen LogP contribution is 2.19. The molecule has 0 unspecified atom stereocenters. The number of nitrogens with two attached hydrogens (primary N) is 2. The van der Waals surface area contributed by atoms with Gasteiger partial charge in [0.2, 0.25) is 0 Å². The smallest absolute Gasteiger partial charge is 0.254 e. The van der Waals surface area contributed by atoms with Crippen LogP contribution in [0.3, 0.4) is 0 Å². The molecule has 88 valence electrons. The summed E-state index contributed by atoms with van der Waals surface area (Å²) in [5.41, 5.74) is 12.2. The van der Waals surface area contributed by atoms with Crippen LogP contribution in [0.5, 0.6) is 0 Å². The van der Waals surface area contributed by atoms with Crippen LogP contribution in [-0.4, -0.2) is 25.7 Å². The molecule has 0 fully saturated rings. The van der Waals surface area contributed by atoms with E-state index in [2.05, 4.69) is 15.1 Å². The van der Waals surface area contributed by atoms with Crippen LogP contribution in [0.1, 0.15) is 16.1 Å². The Bertz CT molecular complexity index is 565. The third kappa shape index (κ3) is 1.94. The molecule has 1 amide bonds. The summed E-state index contributed by atoms with van der Waals surface area (Å²) in [7, 11) is 1.79. The molecule has 2 heterocycles. The Kier molecular flexibility index (Phi) is 2.51. The Morgan fingerprint density at radius 1 is 1.41 bits per heavy atom. The number of primary amides is 1. The second-order valence-corrected chi connectivity index (χ2v) is 3.66. The molecule has 0 aromatic carbocycles. The minimum absolute atomic E-state index is 0.0869. The van der Waals surface area contributed by atoms with Crippen molar-refractivity contribution in [2.75, 3.05) is 5.73 Å². The zero-order chi connectivity index (χ0) is 12.6. The standard InChI is InChI=1S/C10H12N6O/c1-5-7(9(12)17)8(11)15-10(14-5)6-3-13-16(2)4-6/h3-4H,1-2H3,(H2,12,17)(H2,11,14,15). The van der Waals surface area contributed by atoms with Crippen LogP contribution < -0.4 is 11.5 Å². The molecule has 2 aromatic rings. The molecule has 0 saturated carbocycles. The number of hydrogen-bond donors (Lipinski definition) is 2. The average Bonchev–Trinajstić information content (AvgIpc) is 2.63. The summed E-state index contributed by atoms with van der Waals surface area (Å²) in [4.78, 5) is 19.4. The van der Waals surface area contributed by atoms with E-state index in [0.717, 1.165) is 5.56 Å². The number of rotatable bonds is 2. The third-order valence-corrected chi connectivity index (χ3v) is 2.33. The van der Waals surface area contributed by atoms with Crippen molar-refractivity contribution < 1.29 is 4.79 Å². The van der Waals surface area contributed by atoms with Crippen LogP contribution in [0.2, 0.25) is 0 Å². The molecule has 4 N–H and O–H groups in total. The Morgan fingerprint density at radius 2 is 2.12 bits per heavy atom. The third-order valence-electron chi connectivity index (χ3n) is 2.33. The normalized spacial score (nSPS) is 10.5. The van der Waals surface area contributed by atoms with E-state index < -0.39 is 5.91 Å². The summed E-state index contributed by atoms with van der Waals surface area (Å²) in [5, 5.41) is 4.01. The van der Waals surface area contributed by atoms with Crippen molar-refractivity contribution in [2.45, 2.75) is 6.92 Å². The van der Waals surface area contributed by atoms with Gasteiger partial charge in [0, 0.05) is 13.2 Å². The number of nitrogens with zero attached hydrogens (tertiary/aromatic N) is 4. The number of amides is 1. The summed E-state index contributed by atoms with van der Waals surface area (Å²) in [6.07, 6.45) is 3.39.